The van der Waals surface area contributed by atoms with E-state index in [-0.39, 0.29) is 0 Å². The molecule has 2 aliphatic carbocycles. The van der Waals surface area contributed by atoms with Gasteiger partial charge in [0.1, 0.15) is 0 Å². The first-order chi connectivity index (χ1) is 8.16. The topological polar surface area (TPSA) is 29.9 Å². The van der Waals surface area contributed by atoms with Gasteiger partial charge in [-0.2, -0.15) is 5.10 Å². The molecule has 0 aliphatic heterocycles. The second kappa shape index (κ2) is 3.98. The van der Waals surface area contributed by atoms with Crippen molar-refractivity contribution >= 4 is 0 Å². The van der Waals surface area contributed by atoms with Crippen LogP contribution in [-0.2, 0) is 13.6 Å². The zero-order valence-corrected chi connectivity index (χ0v) is 10.9. The van der Waals surface area contributed by atoms with Gasteiger partial charge >= 0.3 is 0 Å². The van der Waals surface area contributed by atoms with Gasteiger partial charge in [-0.05, 0) is 38.5 Å². The van der Waals surface area contributed by atoms with Crippen molar-refractivity contribution in [3.63, 3.8) is 0 Å². The second-order valence-corrected chi connectivity index (χ2v) is 5.50. The van der Waals surface area contributed by atoms with Gasteiger partial charge in [0.15, 0.2) is 0 Å². The number of hydrogen-bond acceptors (Lipinski definition) is 2. The Labute approximate surface area is 103 Å². The van der Waals surface area contributed by atoms with Crippen LogP contribution in [0.1, 0.15) is 29.8 Å². The zero-order chi connectivity index (χ0) is 12.0. The van der Waals surface area contributed by atoms with Crippen molar-refractivity contribution in [3.8, 4) is 0 Å². The molecule has 1 saturated carbocycles. The highest BCUT2D eigenvalue weighted by molar-refractivity contribution is 5.24. The number of rotatable bonds is 3. The van der Waals surface area contributed by atoms with Crippen molar-refractivity contribution in [2.75, 3.05) is 0 Å². The lowest BCUT2D eigenvalue weighted by atomic mass is 9.71. The van der Waals surface area contributed by atoms with Crippen molar-refractivity contribution in [3.05, 3.63) is 29.1 Å². The molecule has 0 amide bonds. The zero-order valence-electron chi connectivity index (χ0n) is 10.9. The molecule has 3 unspecified atom stereocenters. The molecule has 0 bridgehead atoms. The van der Waals surface area contributed by atoms with Crippen LogP contribution in [0.3, 0.4) is 0 Å². The van der Waals surface area contributed by atoms with E-state index in [2.05, 4.69) is 36.4 Å². The highest BCUT2D eigenvalue weighted by Crippen LogP contribution is 2.42. The van der Waals surface area contributed by atoms with Crippen molar-refractivity contribution in [2.45, 2.75) is 39.3 Å². The maximum atomic E-state index is 4.46. The van der Waals surface area contributed by atoms with Crippen LogP contribution < -0.4 is 5.32 Å². The molecule has 2 aliphatic rings. The van der Waals surface area contributed by atoms with E-state index in [0.29, 0.717) is 6.04 Å². The minimum atomic E-state index is 0.692. The fourth-order valence-corrected chi connectivity index (χ4v) is 3.25. The fraction of sp³-hybridized carbons (Fsp3) is 0.643. The molecule has 0 spiro atoms. The van der Waals surface area contributed by atoms with E-state index in [4.69, 9.17) is 0 Å². The third-order valence-electron chi connectivity index (χ3n) is 4.56. The van der Waals surface area contributed by atoms with Gasteiger partial charge in [0, 0.05) is 30.9 Å². The van der Waals surface area contributed by atoms with Crippen LogP contribution in [-0.4, -0.2) is 15.8 Å². The summed E-state index contributed by atoms with van der Waals surface area (Å²) >= 11 is 0. The van der Waals surface area contributed by atoms with Gasteiger partial charge < -0.3 is 5.32 Å². The van der Waals surface area contributed by atoms with Crippen LogP contribution in [0.5, 0.6) is 0 Å². The highest BCUT2D eigenvalue weighted by Gasteiger charge is 2.40. The van der Waals surface area contributed by atoms with Crippen LogP contribution >= 0.6 is 0 Å². The molecule has 0 saturated heterocycles. The molecule has 3 nitrogen and oxygen atoms in total. The SMILES string of the molecule is Cc1nn(C)c(C)c1CNC1CC2CC=CC21. The Kier molecular flexibility index (Phi) is 2.58. The normalized spacial score (nSPS) is 30.4. The molecule has 3 rings (SSSR count). The van der Waals surface area contributed by atoms with Crippen LogP contribution in [0.15, 0.2) is 12.2 Å². The van der Waals surface area contributed by atoms with Gasteiger partial charge in [-0.15, -0.1) is 0 Å². The summed E-state index contributed by atoms with van der Waals surface area (Å²) in [7, 11) is 2.02. The molecular weight excluding hydrogens is 210 g/mol. The standard InChI is InChI=1S/C14H21N3/c1-9-13(10(2)17(3)16-9)8-15-14-7-11-5-4-6-12(11)14/h4,6,11-12,14-15H,5,7-8H2,1-3H3. The fourth-order valence-electron chi connectivity index (χ4n) is 3.25. The van der Waals surface area contributed by atoms with Gasteiger partial charge in [0.25, 0.3) is 0 Å². The number of nitrogens with zero attached hydrogens (tertiary/aromatic N) is 2. The molecule has 17 heavy (non-hydrogen) atoms. The number of aromatic nitrogens is 2. The Morgan fingerprint density at radius 3 is 2.94 bits per heavy atom. The molecule has 1 aromatic heterocycles. The van der Waals surface area contributed by atoms with Gasteiger partial charge in [0.2, 0.25) is 0 Å². The third kappa shape index (κ3) is 1.73. The van der Waals surface area contributed by atoms with E-state index < -0.39 is 0 Å². The molecule has 92 valence electrons. The molecule has 1 aromatic rings. The van der Waals surface area contributed by atoms with Gasteiger partial charge in [0.05, 0.1) is 5.69 Å². The Hall–Kier alpha value is -1.09. The monoisotopic (exact) mass is 231 g/mol. The quantitative estimate of drug-likeness (QED) is 0.807. The first kappa shape index (κ1) is 11.0. The Morgan fingerprint density at radius 1 is 1.47 bits per heavy atom. The molecule has 3 atom stereocenters. The maximum absolute atomic E-state index is 4.46. The summed E-state index contributed by atoms with van der Waals surface area (Å²) in [6.45, 7) is 5.21. The summed E-state index contributed by atoms with van der Waals surface area (Å²) in [6.07, 6.45) is 7.39. The van der Waals surface area contributed by atoms with Gasteiger partial charge in [-0.1, -0.05) is 12.2 Å². The molecular formula is C14H21N3. The summed E-state index contributed by atoms with van der Waals surface area (Å²) in [5, 5.41) is 8.16. The average Bonchev–Trinajstić information content (AvgIpc) is 2.74. The Bertz CT molecular complexity index is 458. The number of nitrogens with one attached hydrogen (secondary N) is 1. The lowest BCUT2D eigenvalue weighted by Gasteiger charge is -2.40. The van der Waals surface area contributed by atoms with Crippen molar-refractivity contribution in [1.29, 1.82) is 0 Å². The minimum Gasteiger partial charge on any atom is -0.309 e. The maximum Gasteiger partial charge on any atom is 0.0641 e. The van der Waals surface area contributed by atoms with E-state index in [1.807, 2.05) is 11.7 Å². The van der Waals surface area contributed by atoms with Gasteiger partial charge in [-0.3, -0.25) is 4.68 Å². The predicted octanol–water partition coefficient (Wildman–Crippen LogP) is 2.09. The number of aryl methyl sites for hydroxylation is 2. The van der Waals surface area contributed by atoms with Crippen molar-refractivity contribution in [1.82, 2.24) is 15.1 Å². The molecule has 1 fully saturated rings. The highest BCUT2D eigenvalue weighted by atomic mass is 15.3. The number of hydrogen-bond donors (Lipinski definition) is 1. The number of fused-ring (bicyclic) bond motifs is 1. The van der Waals surface area contributed by atoms with Crippen LogP contribution in [0.2, 0.25) is 0 Å². The summed E-state index contributed by atoms with van der Waals surface area (Å²) in [5.74, 6) is 1.73. The van der Waals surface area contributed by atoms with Crippen LogP contribution in [0, 0.1) is 25.7 Å². The van der Waals surface area contributed by atoms with E-state index in [0.717, 1.165) is 24.1 Å². The lowest BCUT2D eigenvalue weighted by Crippen LogP contribution is -2.47. The molecule has 0 radical (unpaired) electrons. The number of allylic oxidation sites excluding steroid dienone is 1. The molecule has 1 N–H and O–H groups in total. The Morgan fingerprint density at radius 2 is 2.29 bits per heavy atom. The van der Waals surface area contributed by atoms with Crippen LogP contribution in [0.4, 0.5) is 0 Å². The first-order valence-corrected chi connectivity index (χ1v) is 6.56. The summed E-state index contributed by atoms with van der Waals surface area (Å²) in [5.41, 5.74) is 3.82. The van der Waals surface area contributed by atoms with Crippen molar-refractivity contribution < 1.29 is 0 Å². The molecule has 1 heterocycles. The average molecular weight is 231 g/mol. The second-order valence-electron chi connectivity index (χ2n) is 5.50. The van der Waals surface area contributed by atoms with E-state index >= 15 is 0 Å². The van der Waals surface area contributed by atoms with E-state index in [1.165, 1.54) is 24.1 Å². The smallest absolute Gasteiger partial charge is 0.0641 e. The van der Waals surface area contributed by atoms with Crippen LogP contribution in [0.25, 0.3) is 0 Å². The lowest BCUT2D eigenvalue weighted by molar-refractivity contribution is 0.162. The van der Waals surface area contributed by atoms with E-state index in [1.54, 1.807) is 0 Å². The first-order valence-electron chi connectivity index (χ1n) is 6.56. The van der Waals surface area contributed by atoms with Gasteiger partial charge in [-0.25, -0.2) is 0 Å². The molecule has 3 heteroatoms. The van der Waals surface area contributed by atoms with Crippen molar-refractivity contribution in [2.24, 2.45) is 18.9 Å². The minimum absolute atomic E-state index is 0.692. The summed E-state index contributed by atoms with van der Waals surface area (Å²) < 4.78 is 1.98. The predicted molar refractivity (Wildman–Crippen MR) is 68.7 cm³/mol. The Balaban J connectivity index is 1.63. The van der Waals surface area contributed by atoms with E-state index in [9.17, 15) is 0 Å². The third-order valence-corrected chi connectivity index (χ3v) is 4.56. The summed E-state index contributed by atoms with van der Waals surface area (Å²) in [6, 6.07) is 0.692. The molecule has 0 aromatic carbocycles. The largest absolute Gasteiger partial charge is 0.309 e. The summed E-state index contributed by atoms with van der Waals surface area (Å²) in [4.78, 5) is 0.